The Morgan fingerprint density at radius 2 is 2.22 bits per heavy atom. The lowest BCUT2D eigenvalue weighted by atomic mass is 10.1. The van der Waals surface area contributed by atoms with E-state index in [9.17, 15) is 4.39 Å². The van der Waals surface area contributed by atoms with E-state index in [-0.39, 0.29) is 12.4 Å². The first kappa shape index (κ1) is 12.6. The van der Waals surface area contributed by atoms with Gasteiger partial charge in [0.05, 0.1) is 6.61 Å². The lowest BCUT2D eigenvalue weighted by Crippen LogP contribution is -2.08. The van der Waals surface area contributed by atoms with Crippen LogP contribution in [0.4, 0.5) is 10.1 Å². The molecule has 0 aliphatic rings. The van der Waals surface area contributed by atoms with Gasteiger partial charge in [-0.1, -0.05) is 0 Å². The molecule has 2 rings (SSSR count). The molecule has 0 saturated heterocycles. The molecule has 0 fully saturated rings. The van der Waals surface area contributed by atoms with Crippen LogP contribution in [0.3, 0.4) is 0 Å². The predicted molar refractivity (Wildman–Crippen MR) is 68.1 cm³/mol. The summed E-state index contributed by atoms with van der Waals surface area (Å²) < 4.78 is 24.3. The molecule has 1 aromatic heterocycles. The van der Waals surface area contributed by atoms with E-state index >= 15 is 0 Å². The Morgan fingerprint density at radius 3 is 3.00 bits per heavy atom. The summed E-state index contributed by atoms with van der Waals surface area (Å²) >= 11 is 0. The van der Waals surface area contributed by atoms with Crippen LogP contribution in [0.15, 0.2) is 24.4 Å². The first-order valence-electron chi connectivity index (χ1n) is 5.77. The number of pyridine rings is 1. The molecule has 0 unspecified atom stereocenters. The summed E-state index contributed by atoms with van der Waals surface area (Å²) in [5.41, 5.74) is 6.53. The number of anilines is 1. The molecule has 0 bridgehead atoms. The largest absolute Gasteiger partial charge is 0.486 e. The number of rotatable bonds is 5. The maximum Gasteiger partial charge on any atom is 0.181 e. The molecule has 18 heavy (non-hydrogen) atoms. The van der Waals surface area contributed by atoms with E-state index in [1.54, 1.807) is 18.3 Å². The molecule has 5 heteroatoms. The number of nitrogens with two attached hydrogens (primary N) is 1. The third-order valence-electron chi connectivity index (χ3n) is 2.51. The molecule has 0 saturated carbocycles. The number of benzene rings is 1. The van der Waals surface area contributed by atoms with Crippen LogP contribution in [0.1, 0.15) is 6.92 Å². The second-order valence-electron chi connectivity index (χ2n) is 3.72. The molecule has 96 valence electrons. The normalized spacial score (nSPS) is 10.8. The summed E-state index contributed by atoms with van der Waals surface area (Å²) in [7, 11) is 0. The maximum atomic E-state index is 13.8. The lowest BCUT2D eigenvalue weighted by molar-refractivity contribution is 0.109. The van der Waals surface area contributed by atoms with Crippen LogP contribution in [-0.4, -0.2) is 24.8 Å². The first-order valence-corrected chi connectivity index (χ1v) is 5.77. The number of nitrogen functional groups attached to an aromatic ring is 1. The predicted octanol–water partition coefficient (Wildman–Crippen LogP) is 2.37. The quantitative estimate of drug-likeness (QED) is 0.653. The topological polar surface area (TPSA) is 57.4 Å². The Kier molecular flexibility index (Phi) is 3.94. The van der Waals surface area contributed by atoms with Crippen molar-refractivity contribution in [1.82, 2.24) is 4.98 Å². The van der Waals surface area contributed by atoms with Crippen LogP contribution in [0, 0.1) is 5.82 Å². The fourth-order valence-corrected chi connectivity index (χ4v) is 1.70. The van der Waals surface area contributed by atoms with E-state index in [2.05, 4.69) is 4.98 Å². The third-order valence-corrected chi connectivity index (χ3v) is 2.51. The van der Waals surface area contributed by atoms with Crippen LogP contribution in [0.2, 0.25) is 0 Å². The van der Waals surface area contributed by atoms with E-state index in [1.807, 2.05) is 6.92 Å². The first-order chi connectivity index (χ1) is 8.74. The number of nitrogens with zero attached hydrogens (tertiary/aromatic N) is 1. The van der Waals surface area contributed by atoms with Gasteiger partial charge in [0.2, 0.25) is 0 Å². The number of hydrogen-bond donors (Lipinski definition) is 1. The number of fused-ring (bicyclic) bond motifs is 1. The minimum Gasteiger partial charge on any atom is -0.486 e. The Balaban J connectivity index is 2.31. The van der Waals surface area contributed by atoms with Crippen molar-refractivity contribution in [2.75, 3.05) is 25.6 Å². The van der Waals surface area contributed by atoms with Crippen LogP contribution in [0.5, 0.6) is 5.75 Å². The maximum absolute atomic E-state index is 13.8. The molecule has 0 amide bonds. The molecular weight excluding hydrogens is 235 g/mol. The molecule has 2 N–H and O–H groups in total. The van der Waals surface area contributed by atoms with Gasteiger partial charge in [0.25, 0.3) is 0 Å². The van der Waals surface area contributed by atoms with Crippen molar-refractivity contribution in [3.8, 4) is 5.75 Å². The molecule has 0 radical (unpaired) electrons. The fourth-order valence-electron chi connectivity index (χ4n) is 1.70. The Morgan fingerprint density at radius 1 is 1.39 bits per heavy atom. The van der Waals surface area contributed by atoms with Crippen LogP contribution < -0.4 is 10.5 Å². The highest BCUT2D eigenvalue weighted by Crippen LogP contribution is 2.31. The molecule has 0 aliphatic heterocycles. The van der Waals surface area contributed by atoms with Gasteiger partial charge in [0.1, 0.15) is 12.1 Å². The molecule has 1 heterocycles. The lowest BCUT2D eigenvalue weighted by Gasteiger charge is -2.11. The zero-order valence-electron chi connectivity index (χ0n) is 10.1. The van der Waals surface area contributed by atoms with E-state index in [1.165, 1.54) is 6.07 Å². The fraction of sp³-hybridized carbons (Fsp3) is 0.308. The van der Waals surface area contributed by atoms with Crippen molar-refractivity contribution in [2.45, 2.75) is 6.92 Å². The smallest absolute Gasteiger partial charge is 0.181 e. The Hall–Kier alpha value is -1.88. The summed E-state index contributed by atoms with van der Waals surface area (Å²) in [6, 6.07) is 4.78. The van der Waals surface area contributed by atoms with Gasteiger partial charge in [-0.15, -0.1) is 0 Å². The molecule has 2 aromatic rings. The van der Waals surface area contributed by atoms with Crippen molar-refractivity contribution >= 4 is 16.6 Å². The van der Waals surface area contributed by atoms with Crippen molar-refractivity contribution < 1.29 is 13.9 Å². The van der Waals surface area contributed by atoms with Gasteiger partial charge in [-0.05, 0) is 19.1 Å². The minimum atomic E-state index is -0.504. The summed E-state index contributed by atoms with van der Waals surface area (Å²) in [4.78, 5) is 4.12. The third kappa shape index (κ3) is 2.51. The average Bonchev–Trinajstić information content (AvgIpc) is 2.38. The second-order valence-corrected chi connectivity index (χ2v) is 3.72. The standard InChI is InChI=1S/C13H15FN2O2/c1-2-17-6-7-18-13-10(14)8-11(15)9-4-3-5-16-12(9)13/h3-5,8H,2,6-7,15H2,1H3. The minimum absolute atomic E-state index is 0.125. The highest BCUT2D eigenvalue weighted by atomic mass is 19.1. The molecule has 1 aromatic carbocycles. The van der Waals surface area contributed by atoms with Crippen molar-refractivity contribution in [3.63, 3.8) is 0 Å². The monoisotopic (exact) mass is 250 g/mol. The van der Waals surface area contributed by atoms with Crippen molar-refractivity contribution in [2.24, 2.45) is 0 Å². The van der Waals surface area contributed by atoms with Gasteiger partial charge < -0.3 is 15.2 Å². The van der Waals surface area contributed by atoms with Gasteiger partial charge in [-0.25, -0.2) is 4.39 Å². The summed E-state index contributed by atoms with van der Waals surface area (Å²) in [5, 5.41) is 0.685. The Labute approximate surface area is 105 Å². The van der Waals surface area contributed by atoms with E-state index in [0.717, 1.165) is 0 Å². The zero-order chi connectivity index (χ0) is 13.0. The van der Waals surface area contributed by atoms with Crippen LogP contribution in [-0.2, 0) is 4.74 Å². The molecule has 0 spiro atoms. The number of aromatic nitrogens is 1. The number of ether oxygens (including phenoxy) is 2. The van der Waals surface area contributed by atoms with Gasteiger partial charge in [-0.2, -0.15) is 0 Å². The number of halogens is 1. The summed E-state index contributed by atoms with van der Waals surface area (Å²) in [5.74, 6) is -0.380. The van der Waals surface area contributed by atoms with Gasteiger partial charge in [0.15, 0.2) is 11.6 Å². The number of hydrogen-bond acceptors (Lipinski definition) is 4. The second kappa shape index (κ2) is 5.64. The van der Waals surface area contributed by atoms with Crippen molar-refractivity contribution in [1.29, 1.82) is 0 Å². The van der Waals surface area contributed by atoms with Crippen molar-refractivity contribution in [3.05, 3.63) is 30.2 Å². The molecule has 0 atom stereocenters. The van der Waals surface area contributed by atoms with Gasteiger partial charge in [0, 0.05) is 29.9 Å². The average molecular weight is 250 g/mol. The molecule has 4 nitrogen and oxygen atoms in total. The van der Waals surface area contributed by atoms with E-state index < -0.39 is 5.82 Å². The molecule has 0 aliphatic carbocycles. The summed E-state index contributed by atoms with van der Waals surface area (Å²) in [6.07, 6.45) is 1.58. The van der Waals surface area contributed by atoms with Gasteiger partial charge in [-0.3, -0.25) is 4.98 Å². The highest BCUT2D eigenvalue weighted by Gasteiger charge is 2.12. The molecular formula is C13H15FN2O2. The van der Waals surface area contributed by atoms with E-state index in [0.29, 0.717) is 29.8 Å². The van der Waals surface area contributed by atoms with Gasteiger partial charge >= 0.3 is 0 Å². The Bertz CT molecular complexity index is 546. The zero-order valence-corrected chi connectivity index (χ0v) is 10.1. The van der Waals surface area contributed by atoms with Crippen LogP contribution >= 0.6 is 0 Å². The van der Waals surface area contributed by atoms with E-state index in [4.69, 9.17) is 15.2 Å². The summed E-state index contributed by atoms with van der Waals surface area (Å²) in [6.45, 7) is 3.18. The SMILES string of the molecule is CCOCCOc1c(F)cc(N)c2cccnc12. The van der Waals surface area contributed by atoms with Crippen LogP contribution in [0.25, 0.3) is 10.9 Å². The highest BCUT2D eigenvalue weighted by molar-refractivity contribution is 5.94.